The van der Waals surface area contributed by atoms with Crippen molar-refractivity contribution in [2.75, 3.05) is 0 Å². The molecular weight excluding hydrogens is 820 g/mol. The molecule has 1 aliphatic rings. The molecule has 0 saturated heterocycles. The van der Waals surface area contributed by atoms with Crippen LogP contribution in [-0.2, 0) is 21.1 Å². The molecule has 3 aromatic heterocycles. The first-order chi connectivity index (χ1) is 22.8. The maximum absolute atomic E-state index is 6.38. The Morgan fingerprint density at radius 1 is 0.681 bits per heavy atom. The third-order valence-corrected chi connectivity index (χ3v) is 13.5. The van der Waals surface area contributed by atoms with E-state index in [9.17, 15) is 0 Å². The quantitative estimate of drug-likeness (QED) is 0.128. The van der Waals surface area contributed by atoms with Crippen LogP contribution in [0.15, 0.2) is 145 Å². The van der Waals surface area contributed by atoms with Crippen molar-refractivity contribution in [2.24, 2.45) is 0 Å². The van der Waals surface area contributed by atoms with Crippen LogP contribution in [0.5, 0.6) is 11.5 Å². The molecule has 47 heavy (non-hydrogen) atoms. The van der Waals surface area contributed by atoms with Gasteiger partial charge in [0.15, 0.2) is 0 Å². The predicted molar refractivity (Wildman–Crippen MR) is 186 cm³/mol. The Morgan fingerprint density at radius 3 is 2.38 bits per heavy atom. The summed E-state index contributed by atoms with van der Waals surface area (Å²) >= 11 is -2.00. The second-order valence-electron chi connectivity index (χ2n) is 11.2. The first kappa shape index (κ1) is 29.4. The van der Waals surface area contributed by atoms with E-state index >= 15 is 0 Å². The zero-order valence-corrected chi connectivity index (χ0v) is 29.3. The Kier molecular flexibility index (Phi) is 7.72. The van der Waals surface area contributed by atoms with Crippen LogP contribution in [0.25, 0.3) is 50.5 Å². The Balaban J connectivity index is 0.00000324. The second-order valence-corrected chi connectivity index (χ2v) is 15.7. The zero-order valence-electron chi connectivity index (χ0n) is 24.9. The molecule has 7 heteroatoms. The van der Waals surface area contributed by atoms with Gasteiger partial charge in [0, 0.05) is 6.20 Å². The van der Waals surface area contributed by atoms with Crippen LogP contribution in [0.1, 0.15) is 5.56 Å². The molecule has 0 spiro atoms. The Labute approximate surface area is 291 Å². The minimum atomic E-state index is -2.00. The van der Waals surface area contributed by atoms with E-state index in [1.165, 1.54) is 25.6 Å². The Morgan fingerprint density at radius 2 is 1.49 bits per heavy atom. The molecule has 5 aromatic carbocycles. The van der Waals surface area contributed by atoms with E-state index in [0.717, 1.165) is 33.3 Å². The summed E-state index contributed by atoms with van der Waals surface area (Å²) in [6.07, 6.45) is 6.15. The molecule has 5 nitrogen and oxygen atoms in total. The van der Waals surface area contributed by atoms with Gasteiger partial charge in [0.1, 0.15) is 0 Å². The van der Waals surface area contributed by atoms with Gasteiger partial charge in [-0.3, -0.25) is 0 Å². The molecule has 0 aliphatic carbocycles. The average molecular weight is 845 g/mol. The van der Waals surface area contributed by atoms with Crippen molar-refractivity contribution in [3.05, 3.63) is 162 Å². The molecule has 225 valence electrons. The number of hydrogen-bond acceptors (Lipinski definition) is 3. The zero-order chi connectivity index (χ0) is 30.5. The summed E-state index contributed by atoms with van der Waals surface area (Å²) in [5, 5.41) is 7.38. The van der Waals surface area contributed by atoms with Gasteiger partial charge in [-0.25, -0.2) is 4.98 Å². The molecule has 0 fully saturated rings. The van der Waals surface area contributed by atoms with Gasteiger partial charge < -0.3 is 0 Å². The molecule has 0 amide bonds. The van der Waals surface area contributed by atoms with Gasteiger partial charge >= 0.3 is 239 Å². The van der Waals surface area contributed by atoms with Crippen LogP contribution >= 0.6 is 0 Å². The van der Waals surface area contributed by atoms with Crippen LogP contribution in [-0.4, -0.2) is 33.7 Å². The van der Waals surface area contributed by atoms with Gasteiger partial charge in [-0.15, -0.1) is 0 Å². The fourth-order valence-corrected chi connectivity index (χ4v) is 11.4. The number of para-hydroxylation sites is 1. The van der Waals surface area contributed by atoms with Gasteiger partial charge in [-0.05, 0) is 18.2 Å². The summed E-state index contributed by atoms with van der Waals surface area (Å²) in [6.45, 7) is 0. The van der Waals surface area contributed by atoms with Gasteiger partial charge in [0.2, 0.25) is 0 Å². The Bertz CT molecular complexity index is 2420. The molecule has 0 unspecified atom stereocenters. The number of aromatic nitrogens is 4. The normalized spacial score (nSPS) is 12.3. The van der Waals surface area contributed by atoms with Crippen molar-refractivity contribution in [1.82, 2.24) is 19.3 Å². The van der Waals surface area contributed by atoms with E-state index < -0.39 is 14.3 Å². The second kappa shape index (κ2) is 12.3. The van der Waals surface area contributed by atoms with E-state index in [-0.39, 0.29) is 21.1 Å². The van der Waals surface area contributed by atoms with Crippen LogP contribution in [0.4, 0.5) is 0 Å². The molecular formula is C40H25GeN4OPt. The van der Waals surface area contributed by atoms with Gasteiger partial charge in [-0.2, -0.15) is 0 Å². The number of ether oxygens (including phenoxy) is 1. The number of hydrogen-bond donors (Lipinski definition) is 0. The van der Waals surface area contributed by atoms with Crippen LogP contribution < -0.4 is 13.7 Å². The van der Waals surface area contributed by atoms with Crippen LogP contribution in [0.2, 0.25) is 0 Å². The number of nitrogens with zero attached hydrogens (tertiary/aromatic N) is 4. The molecule has 4 heterocycles. The van der Waals surface area contributed by atoms with Crippen molar-refractivity contribution in [2.45, 2.75) is 0 Å². The first-order valence-electron chi connectivity index (χ1n) is 15.2. The number of fused-ring (bicyclic) bond motifs is 4. The molecule has 8 aromatic rings. The average Bonchev–Trinajstić information content (AvgIpc) is 3.81. The summed E-state index contributed by atoms with van der Waals surface area (Å²) in [7, 11) is 0. The maximum atomic E-state index is 6.38. The molecule has 0 saturated carbocycles. The van der Waals surface area contributed by atoms with Crippen molar-refractivity contribution < 1.29 is 25.8 Å². The fraction of sp³-hybridized carbons (Fsp3) is 0. The minimum absolute atomic E-state index is 0. The van der Waals surface area contributed by atoms with E-state index in [1.54, 1.807) is 0 Å². The van der Waals surface area contributed by atoms with Crippen LogP contribution in [0, 0.1) is 12.1 Å². The van der Waals surface area contributed by atoms with Crippen molar-refractivity contribution in [3.63, 3.8) is 0 Å². The van der Waals surface area contributed by atoms with Gasteiger partial charge in [-0.1, -0.05) is 24.3 Å². The van der Waals surface area contributed by atoms with E-state index in [2.05, 4.69) is 118 Å². The molecule has 9 rings (SSSR count). The standard InChI is InChI=1S/C40H25GeN4O.Pt/c1-2-11-28(12-3-1)33-15-4-6-17-36(33)41-23-22-29-27-44(43-40(29)41)30-13-10-14-31(25-30)46-32-20-21-35-34-16-5-7-18-37(34)45(38(35)26-32)39-19-8-9-24-42-39;/h1-24,27H;/q-2;+2. The topological polar surface area (TPSA) is 44.9 Å². The van der Waals surface area contributed by atoms with E-state index in [0.29, 0.717) is 11.5 Å². The number of benzene rings is 5. The third kappa shape index (κ3) is 5.26. The summed E-state index contributed by atoms with van der Waals surface area (Å²) in [5.74, 6) is 2.05. The molecule has 0 N–H and O–H groups in total. The molecule has 1 aliphatic heterocycles. The predicted octanol–water partition coefficient (Wildman–Crippen LogP) is 7.60. The van der Waals surface area contributed by atoms with Crippen LogP contribution in [0.3, 0.4) is 0 Å². The Hall–Kier alpha value is -4.97. The number of pyridine rings is 1. The summed E-state index contributed by atoms with van der Waals surface area (Å²) in [6, 6.07) is 50.6. The summed E-state index contributed by atoms with van der Waals surface area (Å²) in [4.78, 5) is 7.04. The van der Waals surface area contributed by atoms with E-state index in [1.807, 2.05) is 59.4 Å². The fourth-order valence-electron chi connectivity index (χ4n) is 6.30. The van der Waals surface area contributed by atoms with Crippen molar-refractivity contribution in [3.8, 4) is 34.1 Å². The number of rotatable bonds is 6. The molecule has 0 bridgehead atoms. The van der Waals surface area contributed by atoms with Gasteiger partial charge in [0.25, 0.3) is 0 Å². The third-order valence-electron chi connectivity index (χ3n) is 8.38. The molecule has 1 radical (unpaired) electrons. The van der Waals surface area contributed by atoms with Crippen molar-refractivity contribution >= 4 is 51.2 Å². The van der Waals surface area contributed by atoms with E-state index in [4.69, 9.17) is 9.84 Å². The van der Waals surface area contributed by atoms with Gasteiger partial charge in [0.05, 0.1) is 0 Å². The monoisotopic (exact) mass is 846 g/mol. The SMILES string of the molecule is [Pt+2].[c-]1c(Oc2[c-]c3c(cc2)c2ccccc2n3-c2ccccn2)cccc1-n1cc2[c](n1)[Ge]([c]1ccccc1-c1ccccc1)[CH]=C2. The summed E-state index contributed by atoms with van der Waals surface area (Å²) < 4.78 is 13.1. The molecule has 0 atom stereocenters. The van der Waals surface area contributed by atoms with Crippen molar-refractivity contribution in [1.29, 1.82) is 0 Å². The summed E-state index contributed by atoms with van der Waals surface area (Å²) in [5.41, 5.74) is 6.54. The first-order valence-corrected chi connectivity index (χ1v) is 18.5.